The smallest absolute Gasteiger partial charge is 0.257 e. The van der Waals surface area contributed by atoms with Crippen LogP contribution in [0.3, 0.4) is 0 Å². The summed E-state index contributed by atoms with van der Waals surface area (Å²) in [6.07, 6.45) is 0. The Bertz CT molecular complexity index is 1190. The van der Waals surface area contributed by atoms with Gasteiger partial charge >= 0.3 is 0 Å². The third-order valence-corrected chi connectivity index (χ3v) is 5.95. The van der Waals surface area contributed by atoms with Crippen molar-refractivity contribution < 1.29 is 17.9 Å². The molecular formula is C20H20BrN3O4S. The molecule has 1 heterocycles. The molecule has 1 aromatic heterocycles. The fraction of sp³-hybridized carbons (Fsp3) is 0.150. The first-order chi connectivity index (χ1) is 13.6. The average Bonchev–Trinajstić information content (AvgIpc) is 2.96. The molecule has 0 aliphatic rings. The monoisotopic (exact) mass is 477 g/mol. The van der Waals surface area contributed by atoms with E-state index >= 15 is 0 Å². The van der Waals surface area contributed by atoms with Gasteiger partial charge in [0.25, 0.3) is 5.91 Å². The highest BCUT2D eigenvalue weighted by atomic mass is 79.9. The van der Waals surface area contributed by atoms with Gasteiger partial charge in [0.2, 0.25) is 10.0 Å². The number of primary sulfonamides is 1. The molecule has 7 nitrogen and oxygen atoms in total. The summed E-state index contributed by atoms with van der Waals surface area (Å²) in [5.74, 6) is -0.245. The maximum absolute atomic E-state index is 12.9. The highest BCUT2D eigenvalue weighted by Gasteiger charge is 2.19. The lowest BCUT2D eigenvalue weighted by Crippen LogP contribution is -2.16. The van der Waals surface area contributed by atoms with Gasteiger partial charge in [-0.15, -0.1) is 0 Å². The summed E-state index contributed by atoms with van der Waals surface area (Å²) in [6, 6.07) is 13.8. The topological polar surface area (TPSA) is 103 Å². The number of amides is 1. The molecule has 3 N–H and O–H groups in total. The second-order valence-electron chi connectivity index (χ2n) is 6.46. The van der Waals surface area contributed by atoms with Crippen LogP contribution in [0.25, 0.3) is 5.69 Å². The van der Waals surface area contributed by atoms with Gasteiger partial charge in [-0.05, 0) is 62.4 Å². The maximum Gasteiger partial charge on any atom is 0.257 e. The summed E-state index contributed by atoms with van der Waals surface area (Å²) in [6.45, 7) is 3.77. The lowest BCUT2D eigenvalue weighted by molar-refractivity contribution is 0.102. The minimum atomic E-state index is -4.00. The fourth-order valence-corrected chi connectivity index (χ4v) is 4.14. The molecule has 3 aromatic rings. The summed E-state index contributed by atoms with van der Waals surface area (Å²) in [7, 11) is -2.66. The molecule has 0 atom stereocenters. The first kappa shape index (κ1) is 21.1. The molecule has 0 saturated carbocycles. The molecule has 29 heavy (non-hydrogen) atoms. The van der Waals surface area contributed by atoms with Gasteiger partial charge < -0.3 is 14.6 Å². The van der Waals surface area contributed by atoms with Gasteiger partial charge in [0, 0.05) is 27.2 Å². The van der Waals surface area contributed by atoms with E-state index in [1.54, 1.807) is 12.1 Å². The summed E-state index contributed by atoms with van der Waals surface area (Å²) in [5, 5.41) is 7.97. The predicted molar refractivity (Wildman–Crippen MR) is 115 cm³/mol. The van der Waals surface area contributed by atoms with Gasteiger partial charge in [0.1, 0.15) is 10.6 Å². The molecule has 2 aromatic carbocycles. The molecule has 3 rings (SSSR count). The van der Waals surface area contributed by atoms with Crippen LogP contribution < -0.4 is 15.2 Å². The number of halogens is 1. The van der Waals surface area contributed by atoms with Gasteiger partial charge in [-0.1, -0.05) is 15.9 Å². The number of methoxy groups -OCH3 is 1. The highest BCUT2D eigenvalue weighted by Crippen LogP contribution is 2.27. The van der Waals surface area contributed by atoms with Crippen LogP contribution in [-0.4, -0.2) is 26.0 Å². The van der Waals surface area contributed by atoms with Gasteiger partial charge in [0.05, 0.1) is 12.7 Å². The Kier molecular flexibility index (Phi) is 5.83. The van der Waals surface area contributed by atoms with Crippen LogP contribution in [-0.2, 0) is 10.0 Å². The number of nitrogens with zero attached hydrogens (tertiary/aromatic N) is 1. The molecule has 9 heteroatoms. The van der Waals surface area contributed by atoms with E-state index in [1.807, 2.05) is 42.7 Å². The van der Waals surface area contributed by atoms with E-state index in [1.165, 1.54) is 19.2 Å². The molecule has 0 spiro atoms. The number of sulfonamides is 1. The zero-order chi connectivity index (χ0) is 21.3. The molecular weight excluding hydrogens is 458 g/mol. The van der Waals surface area contributed by atoms with Gasteiger partial charge in [-0.25, -0.2) is 13.6 Å². The highest BCUT2D eigenvalue weighted by molar-refractivity contribution is 9.10. The Labute approximate surface area is 177 Å². The van der Waals surface area contributed by atoms with E-state index in [9.17, 15) is 13.2 Å². The Morgan fingerprint density at radius 2 is 1.76 bits per heavy atom. The standard InChI is InChI=1S/C20H20BrN3O4S/c1-12-10-17(13(2)24(12)16-7-4-14(21)5-8-16)20(25)23-15-6-9-18(28-3)19(11-15)29(22,26)27/h4-11H,1-3H3,(H,23,25)(H2,22,26,27). The number of hydrogen-bond donors (Lipinski definition) is 2. The Balaban J connectivity index is 1.95. The van der Waals surface area contributed by atoms with Crippen molar-refractivity contribution >= 4 is 37.5 Å². The van der Waals surface area contributed by atoms with Gasteiger partial charge in [0.15, 0.2) is 0 Å². The first-order valence-electron chi connectivity index (χ1n) is 8.59. The van der Waals surface area contributed by atoms with Crippen molar-refractivity contribution in [2.45, 2.75) is 18.7 Å². The van der Waals surface area contributed by atoms with Crippen LogP contribution in [0.5, 0.6) is 5.75 Å². The summed E-state index contributed by atoms with van der Waals surface area (Å²) < 4.78 is 31.5. The third kappa shape index (κ3) is 4.36. The SMILES string of the molecule is COc1ccc(NC(=O)c2cc(C)n(-c3ccc(Br)cc3)c2C)cc1S(N)(=O)=O. The average molecular weight is 478 g/mol. The third-order valence-electron chi connectivity index (χ3n) is 4.49. The molecule has 0 bridgehead atoms. The second kappa shape index (κ2) is 8.02. The van der Waals surface area contributed by atoms with Crippen molar-refractivity contribution in [1.29, 1.82) is 0 Å². The molecule has 0 aliphatic carbocycles. The lowest BCUT2D eigenvalue weighted by Gasteiger charge is -2.11. The Morgan fingerprint density at radius 3 is 2.34 bits per heavy atom. The largest absolute Gasteiger partial charge is 0.495 e. The molecule has 0 unspecified atom stereocenters. The minimum absolute atomic E-state index is 0.110. The molecule has 152 valence electrons. The quantitative estimate of drug-likeness (QED) is 0.583. The summed E-state index contributed by atoms with van der Waals surface area (Å²) in [5.41, 5.74) is 3.38. The number of ether oxygens (including phenoxy) is 1. The van der Waals surface area contributed by atoms with E-state index < -0.39 is 10.0 Å². The van der Waals surface area contributed by atoms with Crippen molar-refractivity contribution in [2.24, 2.45) is 5.14 Å². The number of benzene rings is 2. The van der Waals surface area contributed by atoms with Crippen LogP contribution in [0.15, 0.2) is 57.9 Å². The number of anilines is 1. The molecule has 0 aliphatic heterocycles. The summed E-state index contributed by atoms with van der Waals surface area (Å²) in [4.78, 5) is 12.7. The Hall–Kier alpha value is -2.62. The predicted octanol–water partition coefficient (Wildman–Crippen LogP) is 3.76. The van der Waals surface area contributed by atoms with Crippen LogP contribution >= 0.6 is 15.9 Å². The molecule has 0 fully saturated rings. The van der Waals surface area contributed by atoms with Crippen molar-refractivity contribution in [3.05, 3.63) is 70.0 Å². The lowest BCUT2D eigenvalue weighted by atomic mass is 10.2. The van der Waals surface area contributed by atoms with E-state index in [2.05, 4.69) is 21.2 Å². The van der Waals surface area contributed by atoms with Crippen molar-refractivity contribution in [1.82, 2.24) is 4.57 Å². The second-order valence-corrected chi connectivity index (χ2v) is 8.91. The van der Waals surface area contributed by atoms with E-state index in [-0.39, 0.29) is 16.6 Å². The van der Waals surface area contributed by atoms with Crippen molar-refractivity contribution in [2.75, 3.05) is 12.4 Å². The minimum Gasteiger partial charge on any atom is -0.495 e. The van der Waals surface area contributed by atoms with Crippen LogP contribution in [0.2, 0.25) is 0 Å². The number of nitrogens with one attached hydrogen (secondary N) is 1. The number of aryl methyl sites for hydroxylation is 1. The molecule has 0 radical (unpaired) electrons. The van der Waals surface area contributed by atoms with Gasteiger partial charge in [-0.3, -0.25) is 4.79 Å². The van der Waals surface area contributed by atoms with E-state index in [0.717, 1.165) is 21.5 Å². The number of carbonyl (C=O) groups excluding carboxylic acids is 1. The number of nitrogens with two attached hydrogens (primary N) is 1. The molecule has 0 saturated heterocycles. The van der Waals surface area contributed by atoms with Crippen molar-refractivity contribution in [3.63, 3.8) is 0 Å². The maximum atomic E-state index is 12.9. The zero-order valence-electron chi connectivity index (χ0n) is 16.1. The number of hydrogen-bond acceptors (Lipinski definition) is 4. The fourth-order valence-electron chi connectivity index (χ4n) is 3.16. The zero-order valence-corrected chi connectivity index (χ0v) is 18.5. The van der Waals surface area contributed by atoms with E-state index in [4.69, 9.17) is 9.88 Å². The summed E-state index contributed by atoms with van der Waals surface area (Å²) >= 11 is 3.42. The first-order valence-corrected chi connectivity index (χ1v) is 10.9. The van der Waals surface area contributed by atoms with Crippen molar-refractivity contribution in [3.8, 4) is 11.4 Å². The van der Waals surface area contributed by atoms with E-state index in [0.29, 0.717) is 11.3 Å². The van der Waals surface area contributed by atoms with Crippen LogP contribution in [0, 0.1) is 13.8 Å². The number of carbonyl (C=O) groups is 1. The number of aromatic nitrogens is 1. The normalized spacial score (nSPS) is 11.3. The van der Waals surface area contributed by atoms with Crippen LogP contribution in [0.4, 0.5) is 5.69 Å². The Morgan fingerprint density at radius 1 is 1.10 bits per heavy atom. The van der Waals surface area contributed by atoms with Gasteiger partial charge in [-0.2, -0.15) is 0 Å². The van der Waals surface area contributed by atoms with Crippen LogP contribution in [0.1, 0.15) is 21.7 Å². The number of rotatable bonds is 5. The molecule has 1 amide bonds.